The van der Waals surface area contributed by atoms with Gasteiger partial charge in [-0.3, -0.25) is 9.98 Å². The van der Waals surface area contributed by atoms with E-state index in [2.05, 4.69) is 97.0 Å². The molecular formula is C33H41N3O2. The zero-order chi connectivity index (χ0) is 28.1. The van der Waals surface area contributed by atoms with E-state index in [1.807, 2.05) is 12.1 Å². The Hall–Kier alpha value is -3.60. The summed E-state index contributed by atoms with van der Waals surface area (Å²) in [5.74, 6) is 0.597. The molecule has 0 unspecified atom stereocenters. The van der Waals surface area contributed by atoms with E-state index in [0.717, 1.165) is 28.4 Å². The first-order valence-corrected chi connectivity index (χ1v) is 13.1. The third-order valence-corrected chi connectivity index (χ3v) is 6.82. The van der Waals surface area contributed by atoms with E-state index in [9.17, 15) is 4.91 Å². The van der Waals surface area contributed by atoms with Gasteiger partial charge in [0.2, 0.25) is 0 Å². The maximum absolute atomic E-state index is 11.3. The molecule has 0 aliphatic rings. The Kier molecular flexibility index (Phi) is 9.03. The highest BCUT2D eigenvalue weighted by atomic mass is 16.5. The highest BCUT2D eigenvalue weighted by Gasteiger charge is 2.23. The molecule has 200 valence electrons. The summed E-state index contributed by atoms with van der Waals surface area (Å²) in [5, 5.41) is 3.15. The average molecular weight is 512 g/mol. The summed E-state index contributed by atoms with van der Waals surface area (Å²) in [6.45, 7) is 17.3. The molecule has 0 N–H and O–H groups in total. The molecule has 3 aromatic rings. The Labute approximate surface area is 228 Å². The third kappa shape index (κ3) is 7.03. The molecular weight excluding hydrogens is 470 g/mol. The second-order valence-electron chi connectivity index (χ2n) is 11.9. The van der Waals surface area contributed by atoms with Crippen LogP contribution in [0, 0.1) is 10.8 Å². The molecule has 3 rings (SSSR count). The maximum atomic E-state index is 11.3. The lowest BCUT2D eigenvalue weighted by atomic mass is 9.85. The molecule has 0 heterocycles. The van der Waals surface area contributed by atoms with Crippen molar-refractivity contribution < 1.29 is 4.74 Å². The first-order valence-electron chi connectivity index (χ1n) is 13.1. The number of hydrogen-bond donors (Lipinski definition) is 0. The number of rotatable bonds is 8. The van der Waals surface area contributed by atoms with Gasteiger partial charge < -0.3 is 4.74 Å². The number of nitroso groups, excluding NO2 is 1. The van der Waals surface area contributed by atoms with Crippen LogP contribution in [0.5, 0.6) is 5.75 Å². The Balaban J connectivity index is 2.18. The van der Waals surface area contributed by atoms with Crippen LogP contribution in [0.1, 0.15) is 72.1 Å². The molecule has 5 heteroatoms. The normalized spacial score (nSPS) is 13.8. The molecule has 0 fully saturated rings. The quantitative estimate of drug-likeness (QED) is 0.223. The van der Waals surface area contributed by atoms with Gasteiger partial charge in [0.15, 0.2) is 0 Å². The van der Waals surface area contributed by atoms with Gasteiger partial charge in [-0.05, 0) is 83.3 Å². The third-order valence-electron chi connectivity index (χ3n) is 6.82. The highest BCUT2D eigenvalue weighted by Crippen LogP contribution is 2.35. The molecule has 0 amide bonds. The molecule has 0 atom stereocenters. The van der Waals surface area contributed by atoms with E-state index in [4.69, 9.17) is 14.7 Å². The van der Waals surface area contributed by atoms with Crippen LogP contribution in [0.3, 0.4) is 0 Å². The fourth-order valence-corrected chi connectivity index (χ4v) is 4.75. The molecule has 0 spiro atoms. The molecule has 0 radical (unpaired) electrons. The minimum absolute atomic E-state index is 0.0438. The fourth-order valence-electron chi connectivity index (χ4n) is 4.75. The maximum Gasteiger partial charge on any atom is 0.122 e. The van der Waals surface area contributed by atoms with Crippen molar-refractivity contribution in [1.82, 2.24) is 0 Å². The highest BCUT2D eigenvalue weighted by molar-refractivity contribution is 6.07. The van der Waals surface area contributed by atoms with E-state index < -0.39 is 0 Å². The summed E-state index contributed by atoms with van der Waals surface area (Å²) in [7, 11) is 1.64. The second kappa shape index (κ2) is 11.8. The minimum Gasteiger partial charge on any atom is -0.496 e. The minimum atomic E-state index is -0.119. The van der Waals surface area contributed by atoms with Crippen molar-refractivity contribution in [2.75, 3.05) is 7.11 Å². The van der Waals surface area contributed by atoms with Crippen LogP contribution >= 0.6 is 0 Å². The topological polar surface area (TPSA) is 63.4 Å². The van der Waals surface area contributed by atoms with Gasteiger partial charge in [-0.15, -0.1) is 4.91 Å². The number of ether oxygens (including phenoxy) is 1. The lowest BCUT2D eigenvalue weighted by Gasteiger charge is -2.24. The van der Waals surface area contributed by atoms with Gasteiger partial charge in [-0.25, -0.2) is 0 Å². The standard InChI is InChI=1S/C33H41N3O2/c1-22(34-29-16-12-10-14-27(29)32(3,4)5)26(21-24-20-25(36-37)18-19-31(24)38-9)23(2)35-30-17-13-11-15-28(30)33(6,7)8/h10-20,26H,21H2,1-9H3. The summed E-state index contributed by atoms with van der Waals surface area (Å²) >= 11 is 0. The van der Waals surface area contributed by atoms with Gasteiger partial charge in [-0.2, -0.15) is 0 Å². The van der Waals surface area contributed by atoms with Crippen LogP contribution in [0.2, 0.25) is 0 Å². The van der Waals surface area contributed by atoms with Gasteiger partial charge >= 0.3 is 0 Å². The molecule has 0 aliphatic heterocycles. The number of benzene rings is 3. The molecule has 0 aliphatic carbocycles. The zero-order valence-corrected chi connectivity index (χ0v) is 24.3. The molecule has 5 nitrogen and oxygen atoms in total. The van der Waals surface area contributed by atoms with E-state index in [1.54, 1.807) is 25.3 Å². The summed E-state index contributed by atoms with van der Waals surface area (Å²) in [5.41, 5.74) is 7.37. The van der Waals surface area contributed by atoms with Crippen molar-refractivity contribution >= 4 is 28.5 Å². The van der Waals surface area contributed by atoms with Gasteiger partial charge in [-0.1, -0.05) is 77.9 Å². The Morgan fingerprint density at radius 1 is 0.763 bits per heavy atom. The van der Waals surface area contributed by atoms with Crippen molar-refractivity contribution in [2.45, 2.75) is 72.6 Å². The fraction of sp³-hybridized carbons (Fsp3) is 0.394. The molecule has 0 saturated heterocycles. The first kappa shape index (κ1) is 29.0. The van der Waals surface area contributed by atoms with E-state index >= 15 is 0 Å². The number of nitrogens with zero attached hydrogens (tertiary/aromatic N) is 3. The van der Waals surface area contributed by atoms with Gasteiger partial charge in [0.25, 0.3) is 0 Å². The van der Waals surface area contributed by atoms with E-state index in [1.165, 1.54) is 11.1 Å². The van der Waals surface area contributed by atoms with Crippen molar-refractivity contribution in [1.29, 1.82) is 0 Å². The molecule has 3 aromatic carbocycles. The molecule has 38 heavy (non-hydrogen) atoms. The van der Waals surface area contributed by atoms with Crippen LogP contribution in [0.4, 0.5) is 17.1 Å². The number of hydrogen-bond acceptors (Lipinski definition) is 5. The monoisotopic (exact) mass is 511 g/mol. The lowest BCUT2D eigenvalue weighted by molar-refractivity contribution is 0.409. The van der Waals surface area contributed by atoms with Gasteiger partial charge in [0, 0.05) is 17.3 Å². The summed E-state index contributed by atoms with van der Waals surface area (Å²) in [6.07, 6.45) is 0.576. The predicted molar refractivity (Wildman–Crippen MR) is 161 cm³/mol. The summed E-state index contributed by atoms with van der Waals surface area (Å²) < 4.78 is 5.65. The number of aliphatic imine (C=N–C) groups is 2. The molecule has 0 aromatic heterocycles. The van der Waals surface area contributed by atoms with Crippen LogP contribution in [0.25, 0.3) is 0 Å². The smallest absolute Gasteiger partial charge is 0.122 e. The number of methoxy groups -OCH3 is 1. The molecule has 0 bridgehead atoms. The Morgan fingerprint density at radius 3 is 1.66 bits per heavy atom. The van der Waals surface area contributed by atoms with Crippen molar-refractivity contribution in [3.63, 3.8) is 0 Å². The van der Waals surface area contributed by atoms with Crippen LogP contribution < -0.4 is 4.74 Å². The first-order chi connectivity index (χ1) is 17.8. The summed E-state index contributed by atoms with van der Waals surface area (Å²) in [4.78, 5) is 21.6. The van der Waals surface area contributed by atoms with Gasteiger partial charge in [0.05, 0.1) is 18.5 Å². The lowest BCUT2D eigenvalue weighted by Crippen LogP contribution is -2.23. The Morgan fingerprint density at radius 2 is 1.24 bits per heavy atom. The average Bonchev–Trinajstić information content (AvgIpc) is 2.86. The van der Waals surface area contributed by atoms with Crippen molar-refractivity contribution in [3.05, 3.63) is 88.3 Å². The van der Waals surface area contributed by atoms with E-state index in [0.29, 0.717) is 17.9 Å². The largest absolute Gasteiger partial charge is 0.496 e. The number of para-hydroxylation sites is 2. The summed E-state index contributed by atoms with van der Waals surface area (Å²) in [6, 6.07) is 21.9. The van der Waals surface area contributed by atoms with Crippen LogP contribution in [0.15, 0.2) is 81.9 Å². The van der Waals surface area contributed by atoms with Crippen molar-refractivity contribution in [2.24, 2.45) is 21.1 Å². The van der Waals surface area contributed by atoms with E-state index in [-0.39, 0.29) is 16.7 Å². The zero-order valence-electron chi connectivity index (χ0n) is 24.3. The SMILES string of the molecule is COc1ccc(N=O)cc1CC(C(C)=Nc1ccccc1C(C)(C)C)C(C)=Nc1ccccc1C(C)(C)C. The second-order valence-corrected chi connectivity index (χ2v) is 11.9. The van der Waals surface area contributed by atoms with Crippen LogP contribution in [-0.4, -0.2) is 18.5 Å². The Bertz CT molecular complexity index is 1270. The predicted octanol–water partition coefficient (Wildman–Crippen LogP) is 9.43. The van der Waals surface area contributed by atoms with Gasteiger partial charge in [0.1, 0.15) is 11.4 Å². The molecule has 0 saturated carbocycles. The van der Waals surface area contributed by atoms with Crippen molar-refractivity contribution in [3.8, 4) is 5.75 Å². The van der Waals surface area contributed by atoms with Crippen LogP contribution in [-0.2, 0) is 17.3 Å².